The molecular formula is C24H33N3O. The summed E-state index contributed by atoms with van der Waals surface area (Å²) in [6, 6.07) is 19.2. The standard InChI is InChI=1S/C24H33N3O/c1-19-8-7-12-23(16-19)27-24(28)26-14-6-5-11-22-18-21(13-15-25-22)17-20-9-3-2-4-10-20/h2-4,7-10,12,16,21-22,25H,5-6,11,13-15,17-18H2,1H3,(H2,26,27,28)/t21-,22-/m0/s1. The van der Waals surface area contributed by atoms with Crippen LogP contribution in [0.5, 0.6) is 0 Å². The highest BCUT2D eigenvalue weighted by atomic mass is 16.2. The van der Waals surface area contributed by atoms with E-state index in [1.54, 1.807) is 0 Å². The molecule has 0 bridgehead atoms. The Morgan fingerprint density at radius 2 is 1.96 bits per heavy atom. The molecule has 1 aliphatic rings. The number of anilines is 1. The van der Waals surface area contributed by atoms with Gasteiger partial charge in [0.05, 0.1) is 0 Å². The summed E-state index contributed by atoms with van der Waals surface area (Å²) in [7, 11) is 0. The van der Waals surface area contributed by atoms with Gasteiger partial charge in [0.2, 0.25) is 0 Å². The Balaban J connectivity index is 1.29. The van der Waals surface area contributed by atoms with Gasteiger partial charge in [-0.15, -0.1) is 0 Å². The van der Waals surface area contributed by atoms with Crippen molar-refractivity contribution in [1.29, 1.82) is 0 Å². The molecule has 0 unspecified atom stereocenters. The predicted molar refractivity (Wildman–Crippen MR) is 117 cm³/mol. The highest BCUT2D eigenvalue weighted by Crippen LogP contribution is 2.23. The van der Waals surface area contributed by atoms with E-state index in [4.69, 9.17) is 0 Å². The number of aryl methyl sites for hydroxylation is 1. The molecule has 2 amide bonds. The summed E-state index contributed by atoms with van der Waals surface area (Å²) in [6.07, 6.45) is 7.07. The number of carbonyl (C=O) groups excluding carboxylic acids is 1. The second-order valence-electron chi connectivity index (χ2n) is 7.98. The number of hydrogen-bond acceptors (Lipinski definition) is 2. The fraction of sp³-hybridized carbons (Fsp3) is 0.458. The summed E-state index contributed by atoms with van der Waals surface area (Å²) in [5, 5.41) is 9.52. The summed E-state index contributed by atoms with van der Waals surface area (Å²) < 4.78 is 0. The monoisotopic (exact) mass is 379 g/mol. The molecule has 3 rings (SSSR count). The van der Waals surface area contributed by atoms with Crippen LogP contribution in [-0.4, -0.2) is 25.2 Å². The van der Waals surface area contributed by atoms with Crippen LogP contribution in [0, 0.1) is 12.8 Å². The lowest BCUT2D eigenvalue weighted by atomic mass is 9.85. The van der Waals surface area contributed by atoms with E-state index in [1.165, 1.54) is 31.2 Å². The normalized spacial score (nSPS) is 19.2. The van der Waals surface area contributed by atoms with Gasteiger partial charge in [0.1, 0.15) is 0 Å². The maximum atomic E-state index is 12.0. The minimum atomic E-state index is -0.121. The van der Waals surface area contributed by atoms with Gasteiger partial charge in [-0.1, -0.05) is 48.9 Å². The van der Waals surface area contributed by atoms with Crippen molar-refractivity contribution in [2.45, 2.75) is 51.5 Å². The number of hydrogen-bond donors (Lipinski definition) is 3. The van der Waals surface area contributed by atoms with Crippen LogP contribution >= 0.6 is 0 Å². The van der Waals surface area contributed by atoms with Crippen molar-refractivity contribution in [1.82, 2.24) is 10.6 Å². The molecule has 1 heterocycles. The third-order valence-corrected chi connectivity index (χ3v) is 5.51. The minimum Gasteiger partial charge on any atom is -0.338 e. The summed E-state index contributed by atoms with van der Waals surface area (Å²) in [5.41, 5.74) is 3.44. The second kappa shape index (κ2) is 10.9. The first-order valence-corrected chi connectivity index (χ1v) is 10.6. The SMILES string of the molecule is Cc1cccc(NC(=O)NCCCC[C@H]2C[C@H](Cc3ccccc3)CCN2)c1. The van der Waals surface area contributed by atoms with Crippen molar-refractivity contribution in [3.05, 3.63) is 65.7 Å². The van der Waals surface area contributed by atoms with Gasteiger partial charge in [-0.2, -0.15) is 0 Å². The number of unbranched alkanes of at least 4 members (excludes halogenated alkanes) is 1. The number of rotatable bonds is 8. The molecule has 4 nitrogen and oxygen atoms in total. The van der Waals surface area contributed by atoms with Gasteiger partial charge < -0.3 is 16.0 Å². The molecule has 28 heavy (non-hydrogen) atoms. The molecule has 2 aromatic carbocycles. The Bertz CT molecular complexity index is 732. The van der Waals surface area contributed by atoms with E-state index in [9.17, 15) is 4.79 Å². The molecule has 0 spiro atoms. The van der Waals surface area contributed by atoms with Gasteiger partial charge in [-0.25, -0.2) is 4.79 Å². The average molecular weight is 380 g/mol. The summed E-state index contributed by atoms with van der Waals surface area (Å²) >= 11 is 0. The smallest absolute Gasteiger partial charge is 0.319 e. The van der Waals surface area contributed by atoms with Gasteiger partial charge in [0, 0.05) is 18.3 Å². The summed E-state index contributed by atoms with van der Waals surface area (Å²) in [5.74, 6) is 0.784. The minimum absolute atomic E-state index is 0.121. The molecule has 150 valence electrons. The van der Waals surface area contributed by atoms with Crippen molar-refractivity contribution in [3.8, 4) is 0 Å². The molecule has 1 saturated heterocycles. The van der Waals surface area contributed by atoms with Crippen molar-refractivity contribution in [2.75, 3.05) is 18.4 Å². The predicted octanol–water partition coefficient (Wildman–Crippen LogP) is 4.90. The average Bonchev–Trinajstić information content (AvgIpc) is 2.69. The van der Waals surface area contributed by atoms with Crippen molar-refractivity contribution in [3.63, 3.8) is 0 Å². The summed E-state index contributed by atoms with van der Waals surface area (Å²) in [6.45, 7) is 3.87. The third-order valence-electron chi connectivity index (χ3n) is 5.51. The van der Waals surface area contributed by atoms with Crippen molar-refractivity contribution in [2.24, 2.45) is 5.92 Å². The van der Waals surface area contributed by atoms with Crippen LogP contribution in [0.25, 0.3) is 0 Å². The zero-order chi connectivity index (χ0) is 19.6. The molecule has 0 saturated carbocycles. The number of carbonyl (C=O) groups is 1. The molecule has 1 aliphatic heterocycles. The zero-order valence-electron chi connectivity index (χ0n) is 16.9. The van der Waals surface area contributed by atoms with E-state index in [0.29, 0.717) is 6.04 Å². The van der Waals surface area contributed by atoms with E-state index in [1.807, 2.05) is 31.2 Å². The first kappa shape index (κ1) is 20.4. The molecule has 4 heteroatoms. The Morgan fingerprint density at radius 3 is 2.79 bits per heavy atom. The lowest BCUT2D eigenvalue weighted by Crippen LogP contribution is -2.38. The Morgan fingerprint density at radius 1 is 1.11 bits per heavy atom. The molecule has 1 fully saturated rings. The second-order valence-corrected chi connectivity index (χ2v) is 7.98. The van der Waals surface area contributed by atoms with E-state index in [2.05, 4.69) is 46.3 Å². The maximum absolute atomic E-state index is 12.0. The van der Waals surface area contributed by atoms with Gasteiger partial charge in [-0.05, 0) is 74.8 Å². The number of nitrogens with one attached hydrogen (secondary N) is 3. The van der Waals surface area contributed by atoms with Crippen LogP contribution < -0.4 is 16.0 Å². The first-order valence-electron chi connectivity index (χ1n) is 10.6. The van der Waals surface area contributed by atoms with Crippen LogP contribution in [0.3, 0.4) is 0 Å². The van der Waals surface area contributed by atoms with E-state index >= 15 is 0 Å². The summed E-state index contributed by atoms with van der Waals surface area (Å²) in [4.78, 5) is 12.0. The van der Waals surface area contributed by atoms with Gasteiger partial charge >= 0.3 is 6.03 Å². The van der Waals surface area contributed by atoms with Crippen molar-refractivity contribution >= 4 is 11.7 Å². The molecule has 0 aromatic heterocycles. The number of amides is 2. The largest absolute Gasteiger partial charge is 0.338 e. The molecule has 2 atom stereocenters. The van der Waals surface area contributed by atoms with Crippen LogP contribution in [0.2, 0.25) is 0 Å². The lowest BCUT2D eigenvalue weighted by molar-refractivity contribution is 0.251. The molecule has 3 N–H and O–H groups in total. The fourth-order valence-corrected chi connectivity index (χ4v) is 4.06. The number of urea groups is 1. The van der Waals surface area contributed by atoms with Crippen LogP contribution in [0.15, 0.2) is 54.6 Å². The molecule has 2 aromatic rings. The van der Waals surface area contributed by atoms with Crippen LogP contribution in [0.4, 0.5) is 10.5 Å². The van der Waals surface area contributed by atoms with E-state index in [-0.39, 0.29) is 6.03 Å². The zero-order valence-corrected chi connectivity index (χ0v) is 16.9. The Hall–Kier alpha value is -2.33. The Labute approximate surface area is 169 Å². The van der Waals surface area contributed by atoms with Gasteiger partial charge in [0.15, 0.2) is 0 Å². The lowest BCUT2D eigenvalue weighted by Gasteiger charge is -2.30. The molecule has 0 radical (unpaired) electrons. The highest BCUT2D eigenvalue weighted by Gasteiger charge is 2.21. The third kappa shape index (κ3) is 7.01. The van der Waals surface area contributed by atoms with Gasteiger partial charge in [0.25, 0.3) is 0 Å². The van der Waals surface area contributed by atoms with Gasteiger partial charge in [-0.3, -0.25) is 0 Å². The first-order chi connectivity index (χ1) is 13.7. The fourth-order valence-electron chi connectivity index (χ4n) is 4.06. The number of piperidine rings is 1. The van der Waals surface area contributed by atoms with Crippen LogP contribution in [-0.2, 0) is 6.42 Å². The van der Waals surface area contributed by atoms with E-state index < -0.39 is 0 Å². The molecule has 0 aliphatic carbocycles. The molecular weight excluding hydrogens is 346 g/mol. The maximum Gasteiger partial charge on any atom is 0.319 e. The van der Waals surface area contributed by atoms with Crippen molar-refractivity contribution < 1.29 is 4.79 Å². The number of benzene rings is 2. The van der Waals surface area contributed by atoms with Crippen LogP contribution in [0.1, 0.15) is 43.2 Å². The Kier molecular flexibility index (Phi) is 7.92. The highest BCUT2D eigenvalue weighted by molar-refractivity contribution is 5.89. The topological polar surface area (TPSA) is 53.2 Å². The van der Waals surface area contributed by atoms with E-state index in [0.717, 1.165) is 43.1 Å². The quantitative estimate of drug-likeness (QED) is 0.572.